The van der Waals surface area contributed by atoms with Crippen LogP contribution in [0.15, 0.2) is 43.0 Å². The van der Waals surface area contributed by atoms with Gasteiger partial charge in [0, 0.05) is 19.5 Å². The Bertz CT molecular complexity index is 1210. The molecule has 1 aliphatic heterocycles. The molecule has 0 spiro atoms. The Morgan fingerprint density at radius 2 is 1.67 bits per heavy atom. The third kappa shape index (κ3) is 7.57. The number of amides is 4. The zero-order valence-corrected chi connectivity index (χ0v) is 26.1. The Labute approximate surface area is 249 Å². The van der Waals surface area contributed by atoms with E-state index in [0.29, 0.717) is 6.54 Å². The van der Waals surface area contributed by atoms with Crippen molar-refractivity contribution in [2.45, 2.75) is 85.5 Å². The maximum absolute atomic E-state index is 14.1. The van der Waals surface area contributed by atoms with Crippen LogP contribution in [0.5, 0.6) is 0 Å². The van der Waals surface area contributed by atoms with Crippen molar-refractivity contribution in [3.63, 3.8) is 0 Å². The molecule has 3 N–H and O–H groups in total. The first kappa shape index (κ1) is 32.8. The fraction of sp³-hybridized carbons (Fsp3) is 0.594. The topological polar surface area (TPSA) is 134 Å². The van der Waals surface area contributed by atoms with Crippen molar-refractivity contribution < 1.29 is 28.7 Å². The van der Waals surface area contributed by atoms with E-state index in [4.69, 9.17) is 4.74 Å². The van der Waals surface area contributed by atoms with E-state index >= 15 is 0 Å². The minimum absolute atomic E-state index is 0.0820. The number of carbonyl (C=O) groups is 5. The number of Topliss-reactive ketones (excluding diaryl/α,β-unsaturated/α-hetero) is 1. The molecule has 0 aromatic heterocycles. The summed E-state index contributed by atoms with van der Waals surface area (Å²) in [4.78, 5) is 68.1. The van der Waals surface area contributed by atoms with Crippen molar-refractivity contribution in [3.05, 3.63) is 48.6 Å². The lowest BCUT2D eigenvalue weighted by atomic mass is 9.85. The number of nitrogens with zero attached hydrogens (tertiary/aromatic N) is 1. The largest absolute Gasteiger partial charge is 0.444 e. The molecule has 2 fully saturated rings. The summed E-state index contributed by atoms with van der Waals surface area (Å²) in [5, 5.41) is 8.03. The number of alkyl carbamates (subject to hydrolysis) is 1. The maximum Gasteiger partial charge on any atom is 0.408 e. The molecule has 0 radical (unpaired) electrons. The number of carbonyl (C=O) groups excluding carboxylic acids is 5. The fourth-order valence-corrected chi connectivity index (χ4v) is 5.78. The van der Waals surface area contributed by atoms with E-state index < -0.39 is 58.7 Å². The molecule has 1 heterocycles. The Hall–Kier alpha value is -3.69. The van der Waals surface area contributed by atoms with Gasteiger partial charge in [0.1, 0.15) is 23.7 Å². The Kier molecular flexibility index (Phi) is 9.59. The number of likely N-dealkylation sites (tertiary alicyclic amines) is 1. The Morgan fingerprint density at radius 3 is 2.21 bits per heavy atom. The van der Waals surface area contributed by atoms with Gasteiger partial charge in [-0.25, -0.2) is 4.79 Å². The van der Waals surface area contributed by atoms with Gasteiger partial charge < -0.3 is 25.6 Å². The highest BCUT2D eigenvalue weighted by Gasteiger charge is 2.70. The normalized spacial score (nSPS) is 22.2. The highest BCUT2D eigenvalue weighted by molar-refractivity contribution is 6.38. The predicted molar refractivity (Wildman–Crippen MR) is 159 cm³/mol. The molecule has 42 heavy (non-hydrogen) atoms. The van der Waals surface area contributed by atoms with E-state index in [-0.39, 0.29) is 30.2 Å². The number of hydrogen-bond acceptors (Lipinski definition) is 6. The molecule has 4 amide bonds. The molecule has 5 atom stereocenters. The summed E-state index contributed by atoms with van der Waals surface area (Å²) in [7, 11) is 0. The van der Waals surface area contributed by atoms with Crippen LogP contribution in [0.4, 0.5) is 4.79 Å². The van der Waals surface area contributed by atoms with Gasteiger partial charge in [-0.2, -0.15) is 0 Å². The summed E-state index contributed by atoms with van der Waals surface area (Å²) in [6.07, 6.45) is 0.848. The van der Waals surface area contributed by atoms with Gasteiger partial charge in [0.2, 0.25) is 17.6 Å². The molecule has 1 saturated carbocycles. The standard InChI is InChI=1S/C32H46N4O6/c1-10-16-33-27(39)24(37)21(17-19-14-12-11-13-15-19)34-26(38)23-22-20(32(22,8)9)18-36(23)28(40)25(30(2,3)4)35-29(41)42-31(5,6)7/h10-15,20-23,25H,1,16-18H2,2-9H3,(H,33,39)(H,34,38)(H,35,41)/t20-,21?,22-,23-,25+/m0/s1. The lowest BCUT2D eigenvalue weighted by molar-refractivity contribution is -0.145. The second kappa shape index (κ2) is 12.3. The van der Waals surface area contributed by atoms with Crippen LogP contribution < -0.4 is 16.0 Å². The molecule has 1 unspecified atom stereocenters. The number of hydrogen-bond donors (Lipinski definition) is 3. The zero-order chi connectivity index (χ0) is 31.6. The molecule has 1 aromatic carbocycles. The molecule has 230 valence electrons. The van der Waals surface area contributed by atoms with Gasteiger partial charge in [0.25, 0.3) is 5.91 Å². The molecule has 2 aliphatic rings. The second-order valence-electron chi connectivity index (χ2n) is 13.9. The van der Waals surface area contributed by atoms with Crippen LogP contribution in [0.1, 0.15) is 61.0 Å². The van der Waals surface area contributed by atoms with Crippen molar-refractivity contribution in [1.82, 2.24) is 20.9 Å². The number of fused-ring (bicyclic) bond motifs is 1. The average Bonchev–Trinajstić information content (AvgIpc) is 3.21. The Balaban J connectivity index is 1.89. The van der Waals surface area contributed by atoms with E-state index in [0.717, 1.165) is 5.56 Å². The van der Waals surface area contributed by atoms with Gasteiger partial charge in [0.15, 0.2) is 0 Å². The number of piperidine rings is 1. The highest BCUT2D eigenvalue weighted by Crippen LogP contribution is 2.65. The summed E-state index contributed by atoms with van der Waals surface area (Å²) in [6.45, 7) is 18.8. The molecule has 10 nitrogen and oxygen atoms in total. The molecular formula is C32H46N4O6. The molecule has 1 saturated heterocycles. The van der Waals surface area contributed by atoms with Crippen LogP contribution in [0.25, 0.3) is 0 Å². The summed E-state index contributed by atoms with van der Waals surface area (Å²) >= 11 is 0. The number of nitrogens with one attached hydrogen (secondary N) is 3. The van der Waals surface area contributed by atoms with Crippen molar-refractivity contribution in [1.29, 1.82) is 0 Å². The van der Waals surface area contributed by atoms with Gasteiger partial charge in [-0.3, -0.25) is 19.2 Å². The predicted octanol–water partition coefficient (Wildman–Crippen LogP) is 3.01. The van der Waals surface area contributed by atoms with E-state index in [1.165, 1.54) is 11.0 Å². The summed E-state index contributed by atoms with van der Waals surface area (Å²) < 4.78 is 5.42. The first-order valence-corrected chi connectivity index (χ1v) is 14.5. The Morgan fingerprint density at radius 1 is 1.05 bits per heavy atom. The lowest BCUT2D eigenvalue weighted by Crippen LogP contribution is -2.61. The van der Waals surface area contributed by atoms with Crippen LogP contribution in [-0.4, -0.2) is 71.3 Å². The van der Waals surface area contributed by atoms with Gasteiger partial charge in [-0.1, -0.05) is 71.0 Å². The molecule has 10 heteroatoms. The number of ketones is 1. The van der Waals surface area contributed by atoms with Crippen molar-refractivity contribution in [2.24, 2.45) is 22.7 Å². The summed E-state index contributed by atoms with van der Waals surface area (Å²) in [5.74, 6) is -2.56. The van der Waals surface area contributed by atoms with Gasteiger partial charge in [0.05, 0.1) is 0 Å². The van der Waals surface area contributed by atoms with Crippen LogP contribution in [-0.2, 0) is 30.3 Å². The maximum atomic E-state index is 14.1. The minimum atomic E-state index is -1.14. The quantitative estimate of drug-likeness (QED) is 0.287. The van der Waals surface area contributed by atoms with Crippen LogP contribution in [0, 0.1) is 22.7 Å². The smallest absolute Gasteiger partial charge is 0.408 e. The first-order valence-electron chi connectivity index (χ1n) is 14.5. The summed E-state index contributed by atoms with van der Waals surface area (Å²) in [6, 6.07) is 6.13. The summed E-state index contributed by atoms with van der Waals surface area (Å²) in [5.41, 5.74) is -0.859. The van der Waals surface area contributed by atoms with Crippen LogP contribution >= 0.6 is 0 Å². The lowest BCUT2D eigenvalue weighted by Gasteiger charge is -2.38. The third-order valence-corrected chi connectivity index (χ3v) is 8.08. The number of ether oxygens (including phenoxy) is 1. The van der Waals surface area contributed by atoms with Crippen molar-refractivity contribution in [3.8, 4) is 0 Å². The third-order valence-electron chi connectivity index (χ3n) is 8.08. The number of rotatable bonds is 10. The zero-order valence-electron chi connectivity index (χ0n) is 26.1. The van der Waals surface area contributed by atoms with Crippen molar-refractivity contribution >= 4 is 29.6 Å². The van der Waals surface area contributed by atoms with Gasteiger partial charge in [-0.15, -0.1) is 6.58 Å². The van der Waals surface area contributed by atoms with E-state index in [9.17, 15) is 24.0 Å². The molecule has 1 aromatic rings. The molecule has 3 rings (SSSR count). The molecule has 0 bridgehead atoms. The number of benzene rings is 1. The first-order chi connectivity index (χ1) is 19.4. The van der Waals surface area contributed by atoms with E-state index in [2.05, 4.69) is 36.4 Å². The SMILES string of the molecule is C=CCNC(=O)C(=O)C(Cc1ccccc1)NC(=O)[C@@H]1[C@@H]2[C@H](CN1C(=O)[C@@H](NC(=O)OC(C)(C)C)C(C)(C)C)C2(C)C. The molecule has 1 aliphatic carbocycles. The highest BCUT2D eigenvalue weighted by atomic mass is 16.6. The fourth-order valence-electron chi connectivity index (χ4n) is 5.78. The van der Waals surface area contributed by atoms with Gasteiger partial charge in [-0.05, 0) is 49.0 Å². The monoisotopic (exact) mass is 582 g/mol. The molecular weight excluding hydrogens is 536 g/mol. The van der Waals surface area contributed by atoms with Crippen LogP contribution in [0.3, 0.4) is 0 Å². The average molecular weight is 583 g/mol. The van der Waals surface area contributed by atoms with Crippen LogP contribution in [0.2, 0.25) is 0 Å². The van der Waals surface area contributed by atoms with E-state index in [1.807, 2.05) is 51.1 Å². The van der Waals surface area contributed by atoms with Gasteiger partial charge >= 0.3 is 6.09 Å². The second-order valence-corrected chi connectivity index (χ2v) is 13.9. The van der Waals surface area contributed by atoms with E-state index in [1.54, 1.807) is 20.8 Å². The van der Waals surface area contributed by atoms with Crippen molar-refractivity contribution in [2.75, 3.05) is 13.1 Å². The minimum Gasteiger partial charge on any atom is -0.444 e.